The fraction of sp³-hybridized carbons (Fsp3) is 0.800. The molecule has 1 heterocycles. The Hall–Kier alpha value is -1.30. The van der Waals surface area contributed by atoms with Crippen LogP contribution >= 0.6 is 0 Å². The average molecular weight is 231 g/mol. The van der Waals surface area contributed by atoms with Gasteiger partial charge in [-0.25, -0.2) is 9.59 Å². The number of piperidine rings is 1. The van der Waals surface area contributed by atoms with Crippen molar-refractivity contribution in [2.75, 3.05) is 27.3 Å². The van der Waals surface area contributed by atoms with Gasteiger partial charge in [0.25, 0.3) is 0 Å². The zero-order valence-electron chi connectivity index (χ0n) is 9.60. The molecule has 0 saturated carbocycles. The summed E-state index contributed by atoms with van der Waals surface area (Å²) in [6, 6.07) is 0. The molecular weight excluding hydrogens is 214 g/mol. The number of carbonyl (C=O) groups is 2. The van der Waals surface area contributed by atoms with Crippen molar-refractivity contribution in [3.05, 3.63) is 0 Å². The first kappa shape index (κ1) is 12.8. The molecule has 6 heteroatoms. The van der Waals surface area contributed by atoms with Crippen LogP contribution in [0.25, 0.3) is 0 Å². The fourth-order valence-corrected chi connectivity index (χ4v) is 1.53. The number of esters is 1. The van der Waals surface area contributed by atoms with Crippen molar-refractivity contribution in [3.8, 4) is 0 Å². The van der Waals surface area contributed by atoms with Crippen LogP contribution in [-0.4, -0.2) is 50.6 Å². The summed E-state index contributed by atoms with van der Waals surface area (Å²) < 4.78 is 14.0. The van der Waals surface area contributed by atoms with Crippen LogP contribution in [0.5, 0.6) is 0 Å². The molecule has 92 valence electrons. The van der Waals surface area contributed by atoms with Gasteiger partial charge >= 0.3 is 18.4 Å². The van der Waals surface area contributed by atoms with Crippen molar-refractivity contribution in [3.63, 3.8) is 0 Å². The first-order valence-electron chi connectivity index (χ1n) is 5.25. The van der Waals surface area contributed by atoms with Gasteiger partial charge in [0.1, 0.15) is 0 Å². The first-order valence-corrected chi connectivity index (χ1v) is 5.25. The Kier molecular flexibility index (Phi) is 5.04. The van der Waals surface area contributed by atoms with Crippen LogP contribution in [0.4, 0.5) is 4.79 Å². The first-order chi connectivity index (χ1) is 7.69. The highest BCUT2D eigenvalue weighted by atomic mass is 16.7. The minimum atomic E-state index is -1.28. The maximum atomic E-state index is 11.6. The zero-order chi connectivity index (χ0) is 12.0. The lowest BCUT2D eigenvalue weighted by Crippen LogP contribution is -2.40. The summed E-state index contributed by atoms with van der Waals surface area (Å²) in [4.78, 5) is 24.3. The third kappa shape index (κ3) is 3.37. The molecule has 0 aliphatic carbocycles. The molecule has 1 unspecified atom stereocenters. The number of carbonyl (C=O) groups excluding carboxylic acids is 2. The minimum Gasteiger partial charge on any atom is -0.464 e. The minimum absolute atomic E-state index is 0.531. The molecule has 0 aromatic carbocycles. The Morgan fingerprint density at radius 1 is 1.12 bits per heavy atom. The smallest absolute Gasteiger partial charge is 0.412 e. The van der Waals surface area contributed by atoms with Gasteiger partial charge in [-0.1, -0.05) is 0 Å². The Balaban J connectivity index is 2.44. The number of amides is 1. The van der Waals surface area contributed by atoms with E-state index in [2.05, 4.69) is 4.74 Å². The van der Waals surface area contributed by atoms with E-state index in [0.717, 1.165) is 19.3 Å². The molecule has 6 nitrogen and oxygen atoms in total. The van der Waals surface area contributed by atoms with Crippen molar-refractivity contribution in [2.24, 2.45) is 0 Å². The van der Waals surface area contributed by atoms with Gasteiger partial charge < -0.3 is 19.1 Å². The van der Waals surface area contributed by atoms with Crippen LogP contribution in [-0.2, 0) is 19.0 Å². The third-order valence-electron chi connectivity index (χ3n) is 2.43. The summed E-state index contributed by atoms with van der Waals surface area (Å²) in [6.45, 7) is 1.33. The predicted octanol–water partition coefficient (Wildman–Crippen LogP) is 0.754. The summed E-state index contributed by atoms with van der Waals surface area (Å²) in [7, 11) is 2.49. The van der Waals surface area contributed by atoms with Crippen molar-refractivity contribution in [1.82, 2.24) is 4.90 Å². The predicted molar refractivity (Wildman–Crippen MR) is 54.7 cm³/mol. The van der Waals surface area contributed by atoms with Gasteiger partial charge in [-0.2, -0.15) is 0 Å². The van der Waals surface area contributed by atoms with Crippen LogP contribution in [0.1, 0.15) is 19.3 Å². The zero-order valence-corrected chi connectivity index (χ0v) is 9.60. The Bertz CT molecular complexity index is 250. The second-order valence-electron chi connectivity index (χ2n) is 3.52. The molecule has 0 aromatic heterocycles. The van der Waals surface area contributed by atoms with Gasteiger partial charge in [-0.15, -0.1) is 0 Å². The van der Waals surface area contributed by atoms with Gasteiger partial charge in [-0.3, -0.25) is 0 Å². The van der Waals surface area contributed by atoms with E-state index >= 15 is 0 Å². The second-order valence-corrected chi connectivity index (χ2v) is 3.52. The number of ether oxygens (including phenoxy) is 3. The lowest BCUT2D eigenvalue weighted by Gasteiger charge is -2.27. The maximum Gasteiger partial charge on any atom is 0.412 e. The molecular formula is C10H17NO5. The number of nitrogens with zero attached hydrogens (tertiary/aromatic N) is 1. The topological polar surface area (TPSA) is 65.1 Å². The lowest BCUT2D eigenvalue weighted by atomic mass is 10.1. The monoisotopic (exact) mass is 231 g/mol. The van der Waals surface area contributed by atoms with Crippen LogP contribution in [0.2, 0.25) is 0 Å². The molecule has 0 radical (unpaired) electrons. The molecule has 1 amide bonds. The standard InChI is InChI=1S/C10H17NO5/c1-14-8(12)9(15-2)16-10(13)11-6-4-3-5-7-11/h9H,3-7H2,1-2H3. The van der Waals surface area contributed by atoms with Crippen LogP contribution in [0.15, 0.2) is 0 Å². The molecule has 1 fully saturated rings. The molecule has 16 heavy (non-hydrogen) atoms. The molecule has 1 rings (SSSR count). The number of hydrogen-bond donors (Lipinski definition) is 0. The molecule has 0 spiro atoms. The van der Waals surface area contributed by atoms with E-state index in [4.69, 9.17) is 9.47 Å². The Morgan fingerprint density at radius 2 is 1.75 bits per heavy atom. The number of hydrogen-bond acceptors (Lipinski definition) is 5. The molecule has 0 aromatic rings. The van der Waals surface area contributed by atoms with Gasteiger partial charge in [-0.05, 0) is 19.3 Å². The summed E-state index contributed by atoms with van der Waals surface area (Å²) in [6.07, 6.45) is 1.24. The quantitative estimate of drug-likeness (QED) is 0.530. The molecule has 1 atom stereocenters. The van der Waals surface area contributed by atoms with Gasteiger partial charge in [0.05, 0.1) is 7.11 Å². The van der Waals surface area contributed by atoms with Gasteiger partial charge in [0.15, 0.2) is 0 Å². The summed E-state index contributed by atoms with van der Waals surface area (Å²) in [5, 5.41) is 0. The maximum absolute atomic E-state index is 11.6. The summed E-state index contributed by atoms with van der Waals surface area (Å²) in [5.74, 6) is -0.715. The molecule has 0 N–H and O–H groups in total. The van der Waals surface area contributed by atoms with E-state index in [-0.39, 0.29) is 0 Å². The van der Waals surface area contributed by atoms with Gasteiger partial charge in [0.2, 0.25) is 0 Å². The summed E-state index contributed by atoms with van der Waals surface area (Å²) in [5.41, 5.74) is 0. The summed E-state index contributed by atoms with van der Waals surface area (Å²) >= 11 is 0. The van der Waals surface area contributed by atoms with E-state index < -0.39 is 18.4 Å². The van der Waals surface area contributed by atoms with E-state index in [1.165, 1.54) is 14.2 Å². The highest BCUT2D eigenvalue weighted by Gasteiger charge is 2.26. The SMILES string of the molecule is COC(=O)C(OC)OC(=O)N1CCCCC1. The fourth-order valence-electron chi connectivity index (χ4n) is 1.53. The highest BCUT2D eigenvalue weighted by molar-refractivity contribution is 5.77. The van der Waals surface area contributed by atoms with Crippen molar-refractivity contribution in [2.45, 2.75) is 25.6 Å². The largest absolute Gasteiger partial charge is 0.464 e. The Morgan fingerprint density at radius 3 is 2.25 bits per heavy atom. The van der Waals surface area contributed by atoms with Crippen molar-refractivity contribution < 1.29 is 23.8 Å². The van der Waals surface area contributed by atoms with E-state index in [1.54, 1.807) is 4.90 Å². The Labute approximate surface area is 94.4 Å². The normalized spacial score (nSPS) is 17.8. The number of rotatable bonds is 3. The molecule has 1 aliphatic rings. The van der Waals surface area contributed by atoms with E-state index in [0.29, 0.717) is 13.1 Å². The third-order valence-corrected chi connectivity index (χ3v) is 2.43. The number of likely N-dealkylation sites (tertiary alicyclic amines) is 1. The van der Waals surface area contributed by atoms with Crippen molar-refractivity contribution in [1.29, 1.82) is 0 Å². The molecule has 1 aliphatic heterocycles. The van der Waals surface area contributed by atoms with E-state index in [1.807, 2.05) is 0 Å². The van der Waals surface area contributed by atoms with Crippen LogP contribution in [0, 0.1) is 0 Å². The van der Waals surface area contributed by atoms with Crippen LogP contribution in [0.3, 0.4) is 0 Å². The second kappa shape index (κ2) is 6.32. The molecule has 1 saturated heterocycles. The van der Waals surface area contributed by atoms with Crippen molar-refractivity contribution >= 4 is 12.1 Å². The highest BCUT2D eigenvalue weighted by Crippen LogP contribution is 2.11. The molecule has 0 bridgehead atoms. The number of methoxy groups -OCH3 is 2. The van der Waals surface area contributed by atoms with E-state index in [9.17, 15) is 9.59 Å². The van der Waals surface area contributed by atoms with Crippen LogP contribution < -0.4 is 0 Å². The van der Waals surface area contributed by atoms with Gasteiger partial charge in [0, 0.05) is 20.2 Å². The lowest BCUT2D eigenvalue weighted by molar-refractivity contribution is -0.176. The average Bonchev–Trinajstić information content (AvgIpc) is 2.35.